The van der Waals surface area contributed by atoms with E-state index in [0.29, 0.717) is 0 Å². The number of fused-ring (bicyclic) bond motifs is 6. The molecule has 0 aliphatic rings. The van der Waals surface area contributed by atoms with E-state index in [0.717, 1.165) is 11.2 Å². The van der Waals surface area contributed by atoms with Crippen LogP contribution in [0.1, 0.15) is 0 Å². The monoisotopic (exact) mass is 818 g/mol. The van der Waals surface area contributed by atoms with Gasteiger partial charge >= 0.3 is 0 Å². The predicted octanol–water partition coefficient (Wildman–Crippen LogP) is 12.6. The highest BCUT2D eigenvalue weighted by Crippen LogP contribution is 2.45. The Balaban J connectivity index is 1.31. The van der Waals surface area contributed by atoms with Crippen molar-refractivity contribution >= 4 is 72.4 Å². The molecule has 2 aromatic heterocycles. The van der Waals surface area contributed by atoms with Gasteiger partial charge in [-0.2, -0.15) is 0 Å². The molecule has 0 unspecified atom stereocenters. The molecule has 0 radical (unpaired) electrons. The lowest BCUT2D eigenvalue weighted by Gasteiger charge is -2.35. The van der Waals surface area contributed by atoms with Crippen LogP contribution in [-0.2, 0) is 0 Å². The molecule has 0 fully saturated rings. The zero-order chi connectivity index (χ0) is 41.7. The first-order valence-corrected chi connectivity index (χ1v) is 23.8. The molecule has 0 N–H and O–H groups in total. The second-order valence-electron chi connectivity index (χ2n) is 16.4. The van der Waals surface area contributed by atoms with E-state index in [1.807, 2.05) is 0 Å². The van der Waals surface area contributed by atoms with E-state index in [9.17, 15) is 0 Å². The molecule has 0 saturated heterocycles. The Kier molecular flexibility index (Phi) is 8.87. The zero-order valence-corrected chi connectivity index (χ0v) is 35.6. The minimum absolute atomic E-state index is 1.15. The van der Waals surface area contributed by atoms with Crippen molar-refractivity contribution in [2.45, 2.75) is 0 Å². The summed E-state index contributed by atoms with van der Waals surface area (Å²) in [4.78, 5) is 0. The lowest BCUT2D eigenvalue weighted by Crippen LogP contribution is -2.75. The number of rotatable bonds is 8. The molecule has 63 heavy (non-hydrogen) atoms. The fourth-order valence-electron chi connectivity index (χ4n) is 10.5. The third kappa shape index (κ3) is 5.71. The summed E-state index contributed by atoms with van der Waals surface area (Å²) in [5.74, 6) is 0. The summed E-state index contributed by atoms with van der Waals surface area (Å²) >= 11 is 0. The van der Waals surface area contributed by atoms with Crippen molar-refractivity contribution in [2.75, 3.05) is 0 Å². The minimum Gasteiger partial charge on any atom is -0.309 e. The maximum Gasteiger partial charge on any atom is 0.181 e. The van der Waals surface area contributed by atoms with Gasteiger partial charge in [-0.15, -0.1) is 0 Å². The number of aromatic nitrogens is 2. The van der Waals surface area contributed by atoms with Gasteiger partial charge in [-0.1, -0.05) is 231 Å². The highest BCUT2D eigenvalue weighted by atomic mass is 28.3. The first-order valence-electron chi connectivity index (χ1n) is 21.8. The summed E-state index contributed by atoms with van der Waals surface area (Å²) in [6.07, 6.45) is 0. The van der Waals surface area contributed by atoms with E-state index in [4.69, 9.17) is 0 Å². The lowest BCUT2D eigenvalue weighted by atomic mass is 9.99. The fraction of sp³-hybridized carbons (Fsp3) is 0. The second kappa shape index (κ2) is 15.2. The van der Waals surface area contributed by atoms with Crippen LogP contribution in [0.4, 0.5) is 0 Å². The third-order valence-electron chi connectivity index (χ3n) is 13.1. The van der Waals surface area contributed by atoms with Crippen LogP contribution < -0.4 is 20.7 Å². The summed E-state index contributed by atoms with van der Waals surface area (Å²) in [5.41, 5.74) is 11.8. The van der Waals surface area contributed by atoms with Crippen LogP contribution >= 0.6 is 0 Å². The van der Waals surface area contributed by atoms with Crippen molar-refractivity contribution in [3.8, 4) is 33.6 Å². The second-order valence-corrected chi connectivity index (χ2v) is 20.1. The minimum atomic E-state index is -3.03. The molecular weight excluding hydrogens is 777 g/mol. The molecule has 0 aliphatic heterocycles. The molecule has 296 valence electrons. The maximum absolute atomic E-state index is 3.03. The molecule has 0 atom stereocenters. The highest BCUT2D eigenvalue weighted by molar-refractivity contribution is 7.20. The molecule has 2 nitrogen and oxygen atoms in total. The molecule has 3 heteroatoms. The summed E-state index contributed by atoms with van der Waals surface area (Å²) in [5, 5.41) is 10.3. The van der Waals surface area contributed by atoms with Crippen molar-refractivity contribution in [2.24, 2.45) is 0 Å². The first-order chi connectivity index (χ1) is 31.3. The van der Waals surface area contributed by atoms with Gasteiger partial charge in [0.1, 0.15) is 0 Å². The normalized spacial score (nSPS) is 11.8. The molecule has 0 spiro atoms. The smallest absolute Gasteiger partial charge is 0.181 e. The standard InChI is InChI=1S/C60H42N2Si/c1-6-23-43(24-7-1)48-33-16-19-37-53(48)61-55-39-21-18-35-52(55)58-56(61)42-41-49(44-25-8-2-9-26-44)60(58)62-54-38-20-17-34-50(54)51-36-22-40-57(59(51)62)63(45-27-10-3-11-28-45,46-29-12-4-13-30-46)47-31-14-5-15-32-47/h1-42H. The predicted molar refractivity (Wildman–Crippen MR) is 270 cm³/mol. The van der Waals surface area contributed by atoms with Crippen molar-refractivity contribution in [1.29, 1.82) is 0 Å². The zero-order valence-electron chi connectivity index (χ0n) is 34.6. The van der Waals surface area contributed by atoms with Gasteiger partial charge in [-0.3, -0.25) is 0 Å². The summed E-state index contributed by atoms with van der Waals surface area (Å²) in [7, 11) is -3.03. The highest BCUT2D eigenvalue weighted by Gasteiger charge is 2.43. The number of nitrogens with zero attached hydrogens (tertiary/aromatic N) is 2. The Bertz CT molecular complexity index is 3500. The molecule has 0 saturated carbocycles. The van der Waals surface area contributed by atoms with Crippen LogP contribution in [-0.4, -0.2) is 17.2 Å². The van der Waals surface area contributed by atoms with Crippen LogP contribution in [0.5, 0.6) is 0 Å². The first kappa shape index (κ1) is 36.8. The van der Waals surface area contributed by atoms with Gasteiger partial charge in [0, 0.05) is 32.7 Å². The molecule has 0 aliphatic carbocycles. The van der Waals surface area contributed by atoms with Crippen LogP contribution in [0.15, 0.2) is 255 Å². The largest absolute Gasteiger partial charge is 0.309 e. The molecular formula is C60H42N2Si. The Morgan fingerprint density at radius 3 is 1.35 bits per heavy atom. The van der Waals surface area contributed by atoms with Gasteiger partial charge in [0.2, 0.25) is 0 Å². The van der Waals surface area contributed by atoms with Gasteiger partial charge in [-0.05, 0) is 56.1 Å². The van der Waals surface area contributed by atoms with E-state index in [1.54, 1.807) is 0 Å². The van der Waals surface area contributed by atoms with Gasteiger partial charge in [0.25, 0.3) is 0 Å². The quantitative estimate of drug-likeness (QED) is 0.107. The van der Waals surface area contributed by atoms with Crippen LogP contribution in [0.2, 0.25) is 0 Å². The van der Waals surface area contributed by atoms with E-state index in [1.165, 1.54) is 86.8 Å². The molecule has 2 heterocycles. The number of para-hydroxylation sites is 4. The average molecular weight is 819 g/mol. The fourth-order valence-corrected chi connectivity index (χ4v) is 15.5. The Hall–Kier alpha value is -7.98. The summed E-state index contributed by atoms with van der Waals surface area (Å²) < 4.78 is 5.15. The summed E-state index contributed by atoms with van der Waals surface area (Å²) in [6.45, 7) is 0. The Morgan fingerprint density at radius 1 is 0.286 bits per heavy atom. The van der Waals surface area contributed by atoms with Crippen LogP contribution in [0.3, 0.4) is 0 Å². The average Bonchev–Trinajstić information content (AvgIpc) is 3.89. The van der Waals surface area contributed by atoms with Crippen molar-refractivity contribution in [3.05, 3.63) is 255 Å². The van der Waals surface area contributed by atoms with Gasteiger partial charge in [0.05, 0.1) is 33.4 Å². The molecule has 12 aromatic rings. The summed E-state index contributed by atoms with van der Waals surface area (Å²) in [6, 6.07) is 94.4. The van der Waals surface area contributed by atoms with E-state index < -0.39 is 8.07 Å². The number of benzene rings is 10. The van der Waals surface area contributed by atoms with E-state index in [2.05, 4.69) is 264 Å². The van der Waals surface area contributed by atoms with Crippen molar-refractivity contribution in [3.63, 3.8) is 0 Å². The molecule has 0 bridgehead atoms. The number of hydrogen-bond donors (Lipinski definition) is 0. The van der Waals surface area contributed by atoms with Crippen LogP contribution in [0.25, 0.3) is 77.2 Å². The molecule has 10 aromatic carbocycles. The molecule has 0 amide bonds. The molecule has 12 rings (SSSR count). The third-order valence-corrected chi connectivity index (χ3v) is 17.9. The van der Waals surface area contributed by atoms with E-state index in [-0.39, 0.29) is 0 Å². The Morgan fingerprint density at radius 2 is 0.746 bits per heavy atom. The van der Waals surface area contributed by atoms with Crippen LogP contribution in [0, 0.1) is 0 Å². The number of hydrogen-bond acceptors (Lipinski definition) is 0. The van der Waals surface area contributed by atoms with Crippen molar-refractivity contribution in [1.82, 2.24) is 9.13 Å². The van der Waals surface area contributed by atoms with Gasteiger partial charge in [0.15, 0.2) is 8.07 Å². The van der Waals surface area contributed by atoms with Crippen molar-refractivity contribution < 1.29 is 0 Å². The van der Waals surface area contributed by atoms with E-state index >= 15 is 0 Å². The Labute approximate surface area is 368 Å². The SMILES string of the molecule is c1ccc(-c2ccccc2-n2c3ccccc3c3c(-n4c5ccccc5c5cccc([Si](c6ccccc6)(c6ccccc6)c6ccccc6)c54)c(-c4ccccc4)ccc32)cc1. The maximum atomic E-state index is 2.65. The van der Waals surface area contributed by atoms with Gasteiger partial charge in [-0.25, -0.2) is 0 Å². The lowest BCUT2D eigenvalue weighted by molar-refractivity contribution is 1.17. The van der Waals surface area contributed by atoms with Gasteiger partial charge < -0.3 is 9.13 Å². The topological polar surface area (TPSA) is 9.86 Å².